The Morgan fingerprint density at radius 3 is 2.61 bits per heavy atom. The van der Waals surface area contributed by atoms with Crippen molar-refractivity contribution < 1.29 is 9.18 Å². The van der Waals surface area contributed by atoms with E-state index in [0.717, 1.165) is 31.4 Å². The minimum atomic E-state index is -0.241. The largest absolute Gasteiger partial charge is 0.370 e. The lowest BCUT2D eigenvalue weighted by molar-refractivity contribution is -0.118. The quantitative estimate of drug-likeness (QED) is 0.695. The molecule has 3 N–H and O–H groups in total. The third kappa shape index (κ3) is 6.35. The second kappa shape index (κ2) is 7.82. The fraction of sp³-hybridized carbons (Fsp3) is 0.500. The zero-order valence-corrected chi connectivity index (χ0v) is 10.8. The van der Waals surface area contributed by atoms with Crippen molar-refractivity contribution in [3.05, 3.63) is 35.6 Å². The molecule has 0 aromatic heterocycles. The lowest BCUT2D eigenvalue weighted by Crippen LogP contribution is -2.29. The van der Waals surface area contributed by atoms with E-state index in [9.17, 15) is 9.18 Å². The van der Waals surface area contributed by atoms with Gasteiger partial charge in [-0.05, 0) is 50.4 Å². The standard InChI is InChI=1S/C14H21FN2O/c1-11(17-9-3-2-4-14(16)18)10-12-5-7-13(15)8-6-12/h5-8,11,17H,2-4,9-10H2,1H3,(H2,16,18). The van der Waals surface area contributed by atoms with Crippen LogP contribution in [0.15, 0.2) is 24.3 Å². The number of benzene rings is 1. The van der Waals surface area contributed by atoms with E-state index in [1.54, 1.807) is 12.1 Å². The maximum absolute atomic E-state index is 12.7. The van der Waals surface area contributed by atoms with Crippen LogP contribution in [0.5, 0.6) is 0 Å². The van der Waals surface area contributed by atoms with Crippen molar-refractivity contribution in [2.45, 2.75) is 38.6 Å². The summed E-state index contributed by atoms with van der Waals surface area (Å²) in [5.74, 6) is -0.444. The summed E-state index contributed by atoms with van der Waals surface area (Å²) in [7, 11) is 0. The molecule has 1 aromatic carbocycles. The molecule has 1 aromatic rings. The maximum atomic E-state index is 12.7. The second-order valence-electron chi connectivity index (χ2n) is 4.61. The van der Waals surface area contributed by atoms with E-state index in [4.69, 9.17) is 5.73 Å². The molecule has 0 bridgehead atoms. The molecule has 3 nitrogen and oxygen atoms in total. The lowest BCUT2D eigenvalue weighted by Gasteiger charge is -2.13. The summed E-state index contributed by atoms with van der Waals surface area (Å²) >= 11 is 0. The predicted octanol–water partition coefficient (Wildman–Crippen LogP) is 2.00. The van der Waals surface area contributed by atoms with Crippen molar-refractivity contribution in [2.24, 2.45) is 5.73 Å². The lowest BCUT2D eigenvalue weighted by atomic mass is 10.1. The zero-order valence-electron chi connectivity index (χ0n) is 10.8. The monoisotopic (exact) mass is 252 g/mol. The van der Waals surface area contributed by atoms with Gasteiger partial charge in [0.1, 0.15) is 5.82 Å². The Labute approximate surface area is 108 Å². The van der Waals surface area contributed by atoms with Gasteiger partial charge in [-0.1, -0.05) is 12.1 Å². The summed E-state index contributed by atoms with van der Waals surface area (Å²) in [6.45, 7) is 2.97. The summed E-state index contributed by atoms with van der Waals surface area (Å²) in [5.41, 5.74) is 6.18. The molecule has 100 valence electrons. The number of halogens is 1. The van der Waals surface area contributed by atoms with Crippen LogP contribution in [0.2, 0.25) is 0 Å². The van der Waals surface area contributed by atoms with E-state index in [-0.39, 0.29) is 11.7 Å². The third-order valence-corrected chi connectivity index (χ3v) is 2.80. The second-order valence-corrected chi connectivity index (χ2v) is 4.61. The van der Waals surface area contributed by atoms with Gasteiger partial charge in [0.25, 0.3) is 0 Å². The van der Waals surface area contributed by atoms with E-state index < -0.39 is 0 Å². The molecule has 0 saturated carbocycles. The number of carbonyl (C=O) groups is 1. The van der Waals surface area contributed by atoms with E-state index in [1.807, 2.05) is 0 Å². The van der Waals surface area contributed by atoms with Gasteiger partial charge < -0.3 is 11.1 Å². The van der Waals surface area contributed by atoms with Crippen LogP contribution < -0.4 is 11.1 Å². The van der Waals surface area contributed by atoms with Crippen molar-refractivity contribution in [2.75, 3.05) is 6.54 Å². The highest BCUT2D eigenvalue weighted by Crippen LogP contribution is 2.05. The van der Waals surface area contributed by atoms with Crippen LogP contribution in [0.3, 0.4) is 0 Å². The van der Waals surface area contributed by atoms with E-state index in [1.165, 1.54) is 12.1 Å². The number of rotatable bonds is 8. The average molecular weight is 252 g/mol. The topological polar surface area (TPSA) is 55.1 Å². The molecule has 4 heteroatoms. The third-order valence-electron chi connectivity index (χ3n) is 2.80. The number of nitrogens with one attached hydrogen (secondary N) is 1. The molecule has 0 aliphatic heterocycles. The number of amides is 1. The first kappa shape index (κ1) is 14.6. The van der Waals surface area contributed by atoms with Gasteiger partial charge in [0, 0.05) is 12.5 Å². The number of hydrogen-bond donors (Lipinski definition) is 2. The van der Waals surface area contributed by atoms with Crippen LogP contribution in [0.1, 0.15) is 31.7 Å². The summed E-state index contributed by atoms with van der Waals surface area (Å²) in [4.78, 5) is 10.5. The normalized spacial score (nSPS) is 12.3. The molecule has 18 heavy (non-hydrogen) atoms. The maximum Gasteiger partial charge on any atom is 0.217 e. The highest BCUT2D eigenvalue weighted by Gasteiger charge is 2.03. The first-order valence-electron chi connectivity index (χ1n) is 6.34. The van der Waals surface area contributed by atoms with Crippen LogP contribution in [0.4, 0.5) is 4.39 Å². The Morgan fingerprint density at radius 2 is 2.00 bits per heavy atom. The Bertz CT molecular complexity index is 365. The van der Waals surface area contributed by atoms with Crippen LogP contribution in [-0.4, -0.2) is 18.5 Å². The van der Waals surface area contributed by atoms with Crippen LogP contribution in [0.25, 0.3) is 0 Å². The van der Waals surface area contributed by atoms with Crippen molar-refractivity contribution in [1.29, 1.82) is 0 Å². The highest BCUT2D eigenvalue weighted by molar-refractivity contribution is 5.73. The molecule has 1 rings (SSSR count). The number of unbranched alkanes of at least 4 members (excludes halogenated alkanes) is 1. The number of carbonyl (C=O) groups excluding carboxylic acids is 1. The minimum absolute atomic E-state index is 0.203. The smallest absolute Gasteiger partial charge is 0.217 e. The van der Waals surface area contributed by atoms with E-state index in [0.29, 0.717) is 12.5 Å². The number of primary amides is 1. The first-order valence-corrected chi connectivity index (χ1v) is 6.34. The van der Waals surface area contributed by atoms with Gasteiger partial charge in [-0.15, -0.1) is 0 Å². The summed E-state index contributed by atoms with van der Waals surface area (Å²) in [6, 6.07) is 6.91. The number of hydrogen-bond acceptors (Lipinski definition) is 2. The Balaban J connectivity index is 2.15. The van der Waals surface area contributed by atoms with E-state index in [2.05, 4.69) is 12.2 Å². The molecule has 1 atom stereocenters. The van der Waals surface area contributed by atoms with Gasteiger partial charge in [0.2, 0.25) is 5.91 Å². The van der Waals surface area contributed by atoms with Gasteiger partial charge in [0.15, 0.2) is 0 Å². The molecule has 0 aliphatic rings. The fourth-order valence-corrected chi connectivity index (χ4v) is 1.82. The molecule has 0 aliphatic carbocycles. The van der Waals surface area contributed by atoms with Crippen molar-refractivity contribution >= 4 is 5.91 Å². The molecule has 0 radical (unpaired) electrons. The average Bonchev–Trinajstić information content (AvgIpc) is 2.31. The first-order chi connectivity index (χ1) is 8.58. The minimum Gasteiger partial charge on any atom is -0.370 e. The molecule has 1 unspecified atom stereocenters. The van der Waals surface area contributed by atoms with Gasteiger partial charge >= 0.3 is 0 Å². The predicted molar refractivity (Wildman–Crippen MR) is 70.6 cm³/mol. The van der Waals surface area contributed by atoms with Crippen molar-refractivity contribution in [1.82, 2.24) is 5.32 Å². The highest BCUT2D eigenvalue weighted by atomic mass is 19.1. The zero-order chi connectivity index (χ0) is 13.4. The molecular weight excluding hydrogens is 231 g/mol. The summed E-state index contributed by atoms with van der Waals surface area (Å²) < 4.78 is 12.7. The fourth-order valence-electron chi connectivity index (χ4n) is 1.82. The SMILES string of the molecule is CC(Cc1ccc(F)cc1)NCCCCC(N)=O. The molecule has 1 amide bonds. The molecular formula is C14H21FN2O. The van der Waals surface area contributed by atoms with Gasteiger partial charge in [-0.3, -0.25) is 4.79 Å². The van der Waals surface area contributed by atoms with Crippen molar-refractivity contribution in [3.8, 4) is 0 Å². The summed E-state index contributed by atoms with van der Waals surface area (Å²) in [6.07, 6.45) is 3.09. The van der Waals surface area contributed by atoms with Gasteiger partial charge in [-0.25, -0.2) is 4.39 Å². The van der Waals surface area contributed by atoms with E-state index >= 15 is 0 Å². The van der Waals surface area contributed by atoms with Crippen LogP contribution >= 0.6 is 0 Å². The molecule has 0 spiro atoms. The summed E-state index contributed by atoms with van der Waals surface area (Å²) in [5, 5.41) is 3.37. The molecule has 0 heterocycles. The van der Waals surface area contributed by atoms with Crippen LogP contribution in [0, 0.1) is 5.82 Å². The Morgan fingerprint density at radius 1 is 1.33 bits per heavy atom. The van der Waals surface area contributed by atoms with Gasteiger partial charge in [0.05, 0.1) is 0 Å². The van der Waals surface area contributed by atoms with Gasteiger partial charge in [-0.2, -0.15) is 0 Å². The molecule has 0 fully saturated rings. The Kier molecular flexibility index (Phi) is 6.36. The Hall–Kier alpha value is -1.42. The van der Waals surface area contributed by atoms with Crippen molar-refractivity contribution in [3.63, 3.8) is 0 Å². The van der Waals surface area contributed by atoms with Crippen LogP contribution in [-0.2, 0) is 11.2 Å². The molecule has 0 saturated heterocycles. The number of nitrogens with two attached hydrogens (primary N) is 1.